The van der Waals surface area contributed by atoms with Gasteiger partial charge in [0, 0.05) is 12.5 Å². The standard InChI is InChI=1S/C9H13N3O2/c1-6(4-7(11)13)12-8(14)9(5-10)2-3-9/h6H,2-4H2,1H3,(H2,11,13)(H,12,14). The highest BCUT2D eigenvalue weighted by molar-refractivity contribution is 5.88. The third-order valence-corrected chi connectivity index (χ3v) is 2.28. The van der Waals surface area contributed by atoms with E-state index in [4.69, 9.17) is 11.0 Å². The Kier molecular flexibility index (Phi) is 2.75. The Bertz CT molecular complexity index is 302. The van der Waals surface area contributed by atoms with Gasteiger partial charge in [-0.1, -0.05) is 0 Å². The van der Waals surface area contributed by atoms with Crippen LogP contribution < -0.4 is 11.1 Å². The van der Waals surface area contributed by atoms with Gasteiger partial charge in [0.2, 0.25) is 11.8 Å². The van der Waals surface area contributed by atoms with Gasteiger partial charge in [0.05, 0.1) is 6.07 Å². The SMILES string of the molecule is CC(CC(N)=O)NC(=O)C1(C#N)CC1. The summed E-state index contributed by atoms with van der Waals surface area (Å²) in [4.78, 5) is 22.0. The molecule has 3 N–H and O–H groups in total. The molecule has 2 amide bonds. The molecule has 0 aliphatic heterocycles. The highest BCUT2D eigenvalue weighted by atomic mass is 16.2. The van der Waals surface area contributed by atoms with Crippen molar-refractivity contribution in [1.82, 2.24) is 5.32 Å². The molecule has 0 bridgehead atoms. The van der Waals surface area contributed by atoms with Crippen molar-refractivity contribution in [3.8, 4) is 6.07 Å². The number of hydrogen-bond acceptors (Lipinski definition) is 3. The first-order chi connectivity index (χ1) is 6.50. The molecule has 5 nitrogen and oxygen atoms in total. The molecule has 1 fully saturated rings. The van der Waals surface area contributed by atoms with Gasteiger partial charge in [-0.3, -0.25) is 9.59 Å². The fourth-order valence-corrected chi connectivity index (χ4v) is 1.23. The Labute approximate surface area is 82.3 Å². The van der Waals surface area contributed by atoms with Crippen molar-refractivity contribution in [2.24, 2.45) is 11.1 Å². The molecule has 1 aliphatic carbocycles. The fraction of sp³-hybridized carbons (Fsp3) is 0.667. The maximum Gasteiger partial charge on any atom is 0.240 e. The minimum Gasteiger partial charge on any atom is -0.370 e. The Morgan fingerprint density at radius 2 is 2.21 bits per heavy atom. The summed E-state index contributed by atoms with van der Waals surface area (Å²) in [5, 5.41) is 11.3. The summed E-state index contributed by atoms with van der Waals surface area (Å²) < 4.78 is 0. The molecule has 0 aromatic carbocycles. The lowest BCUT2D eigenvalue weighted by atomic mass is 10.1. The molecule has 76 valence electrons. The molecular formula is C9H13N3O2. The van der Waals surface area contributed by atoms with E-state index in [2.05, 4.69) is 5.32 Å². The first-order valence-corrected chi connectivity index (χ1v) is 4.51. The topological polar surface area (TPSA) is 96.0 Å². The normalized spacial score (nSPS) is 19.1. The molecule has 1 saturated carbocycles. The Morgan fingerprint density at radius 1 is 1.64 bits per heavy atom. The van der Waals surface area contributed by atoms with Crippen molar-refractivity contribution >= 4 is 11.8 Å². The van der Waals surface area contributed by atoms with E-state index in [9.17, 15) is 9.59 Å². The second-order valence-electron chi connectivity index (χ2n) is 3.74. The van der Waals surface area contributed by atoms with Crippen molar-refractivity contribution < 1.29 is 9.59 Å². The number of carbonyl (C=O) groups excluding carboxylic acids is 2. The maximum absolute atomic E-state index is 11.5. The number of primary amides is 1. The predicted molar refractivity (Wildman–Crippen MR) is 48.7 cm³/mol. The first kappa shape index (κ1) is 10.5. The summed E-state index contributed by atoms with van der Waals surface area (Å²) >= 11 is 0. The summed E-state index contributed by atoms with van der Waals surface area (Å²) in [5.41, 5.74) is 4.14. The van der Waals surface area contributed by atoms with E-state index in [1.807, 2.05) is 6.07 Å². The zero-order chi connectivity index (χ0) is 10.8. The van der Waals surface area contributed by atoms with Crippen molar-refractivity contribution in [2.45, 2.75) is 32.2 Å². The van der Waals surface area contributed by atoms with Crippen LogP contribution in [0.2, 0.25) is 0 Å². The van der Waals surface area contributed by atoms with Gasteiger partial charge in [-0.15, -0.1) is 0 Å². The van der Waals surface area contributed by atoms with E-state index in [1.54, 1.807) is 6.92 Å². The van der Waals surface area contributed by atoms with Crippen LogP contribution >= 0.6 is 0 Å². The number of nitriles is 1. The van der Waals surface area contributed by atoms with Gasteiger partial charge in [-0.25, -0.2) is 0 Å². The number of hydrogen-bond donors (Lipinski definition) is 2. The summed E-state index contributed by atoms with van der Waals surface area (Å²) in [5.74, 6) is -0.742. The lowest BCUT2D eigenvalue weighted by Crippen LogP contribution is -2.39. The van der Waals surface area contributed by atoms with Crippen LogP contribution in [-0.4, -0.2) is 17.9 Å². The highest BCUT2D eigenvalue weighted by Crippen LogP contribution is 2.45. The Hall–Kier alpha value is -1.57. The van der Waals surface area contributed by atoms with E-state index in [-0.39, 0.29) is 18.4 Å². The number of nitrogens with one attached hydrogen (secondary N) is 1. The fourth-order valence-electron chi connectivity index (χ4n) is 1.23. The van der Waals surface area contributed by atoms with Crippen LogP contribution in [0.3, 0.4) is 0 Å². The van der Waals surface area contributed by atoms with Crippen LogP contribution in [0.4, 0.5) is 0 Å². The number of nitrogens with zero attached hydrogens (tertiary/aromatic N) is 1. The molecule has 1 atom stereocenters. The predicted octanol–water partition coefficient (Wildman–Crippen LogP) is -0.330. The largest absolute Gasteiger partial charge is 0.370 e. The molecule has 0 spiro atoms. The van der Waals surface area contributed by atoms with Crippen molar-refractivity contribution in [1.29, 1.82) is 5.26 Å². The molecule has 0 radical (unpaired) electrons. The lowest BCUT2D eigenvalue weighted by Gasteiger charge is -2.13. The lowest BCUT2D eigenvalue weighted by molar-refractivity contribution is -0.125. The summed E-state index contributed by atoms with van der Waals surface area (Å²) in [6.45, 7) is 1.69. The molecule has 5 heteroatoms. The smallest absolute Gasteiger partial charge is 0.240 e. The highest BCUT2D eigenvalue weighted by Gasteiger charge is 2.50. The third kappa shape index (κ3) is 2.22. The van der Waals surface area contributed by atoms with Crippen LogP contribution in [0, 0.1) is 16.7 Å². The molecule has 1 rings (SSSR count). The monoisotopic (exact) mass is 195 g/mol. The van der Waals surface area contributed by atoms with Gasteiger partial charge >= 0.3 is 0 Å². The molecule has 0 heterocycles. The van der Waals surface area contributed by atoms with E-state index >= 15 is 0 Å². The van der Waals surface area contributed by atoms with E-state index in [0.29, 0.717) is 12.8 Å². The third-order valence-electron chi connectivity index (χ3n) is 2.28. The zero-order valence-electron chi connectivity index (χ0n) is 8.04. The van der Waals surface area contributed by atoms with E-state index in [0.717, 1.165) is 0 Å². The summed E-state index contributed by atoms with van der Waals surface area (Å²) in [6.07, 6.45) is 1.32. The van der Waals surface area contributed by atoms with Gasteiger partial charge in [0.1, 0.15) is 5.41 Å². The van der Waals surface area contributed by atoms with Gasteiger partial charge < -0.3 is 11.1 Å². The number of rotatable bonds is 4. The van der Waals surface area contributed by atoms with Gasteiger partial charge in [-0.05, 0) is 19.8 Å². The van der Waals surface area contributed by atoms with Crippen LogP contribution in [0.5, 0.6) is 0 Å². The average molecular weight is 195 g/mol. The minimum absolute atomic E-state index is 0.104. The number of nitrogens with two attached hydrogens (primary N) is 1. The molecule has 0 saturated heterocycles. The van der Waals surface area contributed by atoms with E-state index < -0.39 is 11.3 Å². The Morgan fingerprint density at radius 3 is 2.57 bits per heavy atom. The zero-order valence-corrected chi connectivity index (χ0v) is 8.04. The van der Waals surface area contributed by atoms with E-state index in [1.165, 1.54) is 0 Å². The second-order valence-corrected chi connectivity index (χ2v) is 3.74. The van der Waals surface area contributed by atoms with Crippen LogP contribution in [-0.2, 0) is 9.59 Å². The van der Waals surface area contributed by atoms with Crippen LogP contribution in [0.1, 0.15) is 26.2 Å². The van der Waals surface area contributed by atoms with Crippen molar-refractivity contribution in [3.05, 3.63) is 0 Å². The summed E-state index contributed by atoms with van der Waals surface area (Å²) in [6, 6.07) is 1.68. The molecule has 0 aromatic heterocycles. The van der Waals surface area contributed by atoms with Gasteiger partial charge in [-0.2, -0.15) is 5.26 Å². The summed E-state index contributed by atoms with van der Waals surface area (Å²) in [7, 11) is 0. The molecule has 1 unspecified atom stereocenters. The maximum atomic E-state index is 11.5. The van der Waals surface area contributed by atoms with Gasteiger partial charge in [0.15, 0.2) is 0 Å². The minimum atomic E-state index is -0.827. The number of carbonyl (C=O) groups is 2. The molecule has 0 aromatic rings. The van der Waals surface area contributed by atoms with Gasteiger partial charge in [0.25, 0.3) is 0 Å². The van der Waals surface area contributed by atoms with Crippen LogP contribution in [0.25, 0.3) is 0 Å². The molecule has 1 aliphatic rings. The average Bonchev–Trinajstić information content (AvgIpc) is 2.82. The van der Waals surface area contributed by atoms with Crippen molar-refractivity contribution in [2.75, 3.05) is 0 Å². The quantitative estimate of drug-likeness (QED) is 0.642. The molecular weight excluding hydrogens is 182 g/mol. The number of amides is 2. The van der Waals surface area contributed by atoms with Crippen molar-refractivity contribution in [3.63, 3.8) is 0 Å². The second kappa shape index (κ2) is 3.66. The Balaban J connectivity index is 2.42. The van der Waals surface area contributed by atoms with Crippen LogP contribution in [0.15, 0.2) is 0 Å². The molecule has 14 heavy (non-hydrogen) atoms. The first-order valence-electron chi connectivity index (χ1n) is 4.51.